The molecule has 0 saturated carbocycles. The lowest BCUT2D eigenvalue weighted by molar-refractivity contribution is -0.136. The van der Waals surface area contributed by atoms with E-state index in [0.29, 0.717) is 36.9 Å². The van der Waals surface area contributed by atoms with Gasteiger partial charge < -0.3 is 24.0 Å². The molecule has 160 valence electrons. The zero-order valence-corrected chi connectivity index (χ0v) is 18.1. The summed E-state index contributed by atoms with van der Waals surface area (Å²) in [4.78, 5) is 30.5. The van der Waals surface area contributed by atoms with Gasteiger partial charge in [-0.1, -0.05) is 6.07 Å². The summed E-state index contributed by atoms with van der Waals surface area (Å²) in [6.45, 7) is 4.61. The molecule has 1 aromatic carbocycles. The van der Waals surface area contributed by atoms with Gasteiger partial charge in [-0.2, -0.15) is 0 Å². The molecule has 9 heteroatoms. The molecule has 0 spiro atoms. The minimum absolute atomic E-state index is 0.0214. The number of benzene rings is 1. The molecule has 0 unspecified atom stereocenters. The average molecular weight is 424 g/mol. The van der Waals surface area contributed by atoms with Crippen LogP contribution in [0.5, 0.6) is 11.5 Å². The second kappa shape index (κ2) is 10.2. The maximum Gasteiger partial charge on any atom is 0.248 e. The van der Waals surface area contributed by atoms with Gasteiger partial charge in [-0.3, -0.25) is 14.5 Å². The van der Waals surface area contributed by atoms with E-state index in [9.17, 15) is 9.59 Å². The summed E-state index contributed by atoms with van der Waals surface area (Å²) in [5, 5.41) is -0.0214. The Morgan fingerprint density at radius 2 is 1.79 bits per heavy atom. The third-order valence-corrected chi connectivity index (χ3v) is 6.57. The van der Waals surface area contributed by atoms with Crippen molar-refractivity contribution in [1.82, 2.24) is 14.7 Å². The van der Waals surface area contributed by atoms with Gasteiger partial charge in [0.15, 0.2) is 11.5 Å². The Kier molecular flexibility index (Phi) is 7.63. The number of hydrogen-bond donors (Lipinski definition) is 0. The van der Waals surface area contributed by atoms with Gasteiger partial charge in [0, 0.05) is 46.4 Å². The van der Waals surface area contributed by atoms with Crippen molar-refractivity contribution in [2.24, 2.45) is 0 Å². The zero-order chi connectivity index (χ0) is 20.8. The number of hydrogen-bond acceptors (Lipinski definition) is 7. The first-order valence-corrected chi connectivity index (χ1v) is 10.7. The van der Waals surface area contributed by atoms with Crippen LogP contribution in [0.2, 0.25) is 0 Å². The third-order valence-electron chi connectivity index (χ3n) is 5.31. The second-order valence-electron chi connectivity index (χ2n) is 7.02. The van der Waals surface area contributed by atoms with E-state index in [0.717, 1.165) is 25.2 Å². The Labute approximate surface area is 176 Å². The van der Waals surface area contributed by atoms with Crippen LogP contribution >= 0.6 is 11.8 Å². The van der Waals surface area contributed by atoms with E-state index >= 15 is 0 Å². The Morgan fingerprint density at radius 3 is 2.45 bits per heavy atom. The molecule has 29 heavy (non-hydrogen) atoms. The van der Waals surface area contributed by atoms with E-state index in [2.05, 4.69) is 4.90 Å². The van der Waals surface area contributed by atoms with Crippen molar-refractivity contribution in [2.45, 2.75) is 5.37 Å². The molecule has 8 nitrogen and oxygen atoms in total. The van der Waals surface area contributed by atoms with Gasteiger partial charge in [0.2, 0.25) is 11.8 Å². The quantitative estimate of drug-likeness (QED) is 0.619. The Morgan fingerprint density at radius 1 is 1.07 bits per heavy atom. The van der Waals surface area contributed by atoms with Gasteiger partial charge in [0.1, 0.15) is 12.0 Å². The summed E-state index contributed by atoms with van der Waals surface area (Å²) < 4.78 is 15.7. The number of piperazine rings is 1. The largest absolute Gasteiger partial charge is 0.493 e. The molecule has 2 heterocycles. The maximum atomic E-state index is 12.5. The number of rotatable bonds is 8. The molecule has 2 aliphatic rings. The SMILES string of the molecule is COCC(=O)N1CCN(CCN2C(=O)CS[C@@H]2c2ccc(OC)c(OC)c2)CC1. The molecular weight excluding hydrogens is 394 g/mol. The van der Waals surface area contributed by atoms with E-state index in [1.165, 1.54) is 7.11 Å². The summed E-state index contributed by atoms with van der Waals surface area (Å²) in [7, 11) is 4.76. The normalized spacial score (nSPS) is 20.2. The highest BCUT2D eigenvalue weighted by atomic mass is 32.2. The molecule has 0 bridgehead atoms. The number of carbonyl (C=O) groups is 2. The van der Waals surface area contributed by atoms with Crippen molar-refractivity contribution in [1.29, 1.82) is 0 Å². The first kappa shape index (κ1) is 21.7. The van der Waals surface area contributed by atoms with Crippen LogP contribution in [0, 0.1) is 0 Å². The Bertz CT molecular complexity index is 724. The predicted octanol–water partition coefficient (Wildman–Crippen LogP) is 1.07. The van der Waals surface area contributed by atoms with E-state index in [4.69, 9.17) is 14.2 Å². The molecular formula is C20H29N3O5S. The number of amides is 2. The van der Waals surface area contributed by atoms with Crippen LogP contribution in [0.15, 0.2) is 18.2 Å². The number of methoxy groups -OCH3 is 3. The zero-order valence-electron chi connectivity index (χ0n) is 17.3. The summed E-state index contributed by atoms with van der Waals surface area (Å²) in [5.41, 5.74) is 1.04. The standard InChI is InChI=1S/C20H29N3O5S/c1-26-13-18(24)22-9-6-21(7-10-22)8-11-23-19(25)14-29-20(23)15-4-5-16(27-2)17(12-15)28-3/h4-5,12,20H,6-11,13-14H2,1-3H3/t20-/m1/s1. The first-order valence-electron chi connectivity index (χ1n) is 9.69. The molecule has 3 rings (SSSR count). The minimum atomic E-state index is -0.0214. The highest BCUT2D eigenvalue weighted by molar-refractivity contribution is 8.00. The monoisotopic (exact) mass is 423 g/mol. The van der Waals surface area contributed by atoms with Crippen molar-refractivity contribution in [3.8, 4) is 11.5 Å². The molecule has 0 N–H and O–H groups in total. The predicted molar refractivity (Wildman–Crippen MR) is 111 cm³/mol. The summed E-state index contributed by atoms with van der Waals surface area (Å²) in [5.74, 6) is 2.02. The van der Waals surface area contributed by atoms with E-state index < -0.39 is 0 Å². The van der Waals surface area contributed by atoms with Crippen LogP contribution in [0.1, 0.15) is 10.9 Å². The fraction of sp³-hybridized carbons (Fsp3) is 0.600. The first-order chi connectivity index (χ1) is 14.1. The molecule has 1 aromatic rings. The summed E-state index contributed by atoms with van der Waals surface area (Å²) in [6, 6.07) is 5.82. The molecule has 2 amide bonds. The second-order valence-corrected chi connectivity index (χ2v) is 8.09. The van der Waals surface area contributed by atoms with E-state index in [1.807, 2.05) is 28.0 Å². The lowest BCUT2D eigenvalue weighted by atomic mass is 10.1. The highest BCUT2D eigenvalue weighted by Crippen LogP contribution is 2.41. The summed E-state index contributed by atoms with van der Waals surface area (Å²) >= 11 is 1.64. The van der Waals surface area contributed by atoms with Crippen molar-refractivity contribution in [2.75, 3.05) is 73.0 Å². The highest BCUT2D eigenvalue weighted by Gasteiger charge is 2.33. The van der Waals surface area contributed by atoms with Crippen molar-refractivity contribution in [3.05, 3.63) is 23.8 Å². The maximum absolute atomic E-state index is 12.5. The van der Waals surface area contributed by atoms with Gasteiger partial charge in [-0.25, -0.2) is 0 Å². The van der Waals surface area contributed by atoms with Crippen molar-refractivity contribution in [3.63, 3.8) is 0 Å². The smallest absolute Gasteiger partial charge is 0.248 e. The summed E-state index contributed by atoms with van der Waals surface area (Å²) in [6.07, 6.45) is 0. The lowest BCUT2D eigenvalue weighted by Crippen LogP contribution is -2.51. The van der Waals surface area contributed by atoms with Crippen LogP contribution in [-0.2, 0) is 14.3 Å². The third kappa shape index (κ3) is 5.15. The molecule has 2 saturated heterocycles. The molecule has 1 atom stereocenters. The number of thioether (sulfide) groups is 1. The topological polar surface area (TPSA) is 71.6 Å². The van der Waals surface area contributed by atoms with Gasteiger partial charge >= 0.3 is 0 Å². The Balaban J connectivity index is 1.57. The number of carbonyl (C=O) groups excluding carboxylic acids is 2. The average Bonchev–Trinajstić information content (AvgIpc) is 3.12. The van der Waals surface area contributed by atoms with Crippen LogP contribution < -0.4 is 9.47 Å². The molecule has 0 radical (unpaired) electrons. The lowest BCUT2D eigenvalue weighted by Gasteiger charge is -2.36. The van der Waals surface area contributed by atoms with Gasteiger partial charge in [0.05, 0.1) is 20.0 Å². The molecule has 0 aliphatic carbocycles. The Hall–Kier alpha value is -1.97. The molecule has 0 aromatic heterocycles. The molecule has 2 aliphatic heterocycles. The van der Waals surface area contributed by atoms with Crippen molar-refractivity contribution >= 4 is 23.6 Å². The number of ether oxygens (including phenoxy) is 3. The molecule has 2 fully saturated rings. The van der Waals surface area contributed by atoms with Crippen LogP contribution in [0.4, 0.5) is 0 Å². The minimum Gasteiger partial charge on any atom is -0.493 e. The van der Waals surface area contributed by atoms with E-state index in [-0.39, 0.29) is 23.8 Å². The van der Waals surface area contributed by atoms with Crippen LogP contribution in [0.3, 0.4) is 0 Å². The van der Waals surface area contributed by atoms with Gasteiger partial charge in [0.25, 0.3) is 0 Å². The van der Waals surface area contributed by atoms with Gasteiger partial charge in [-0.05, 0) is 17.7 Å². The van der Waals surface area contributed by atoms with Crippen LogP contribution in [-0.4, -0.2) is 99.5 Å². The van der Waals surface area contributed by atoms with Crippen LogP contribution in [0.25, 0.3) is 0 Å². The van der Waals surface area contributed by atoms with Crippen molar-refractivity contribution < 1.29 is 23.8 Å². The van der Waals surface area contributed by atoms with Gasteiger partial charge in [-0.15, -0.1) is 11.8 Å². The number of nitrogens with zero attached hydrogens (tertiary/aromatic N) is 3. The fourth-order valence-electron chi connectivity index (χ4n) is 3.66. The van der Waals surface area contributed by atoms with E-state index in [1.54, 1.807) is 26.0 Å². The fourth-order valence-corrected chi connectivity index (χ4v) is 4.87.